The predicted octanol–water partition coefficient (Wildman–Crippen LogP) is 1.61. The van der Waals surface area contributed by atoms with Crippen LogP contribution in [-0.4, -0.2) is 81.4 Å². The number of hydrogen-bond acceptors (Lipinski definition) is 11. The molecule has 0 aromatic carbocycles. The van der Waals surface area contributed by atoms with Crippen LogP contribution in [0.5, 0.6) is 0 Å². The van der Waals surface area contributed by atoms with E-state index < -0.39 is 108 Å². The maximum atomic E-state index is 12.9. The van der Waals surface area contributed by atoms with Gasteiger partial charge in [-0.15, -0.1) is 0 Å². The van der Waals surface area contributed by atoms with E-state index in [1.54, 1.807) is 0 Å². The third-order valence-electron chi connectivity index (χ3n) is 6.86. The molecule has 15 heteroatoms. The number of carbonyl (C=O) groups is 8. The van der Waals surface area contributed by atoms with Crippen LogP contribution < -0.4 is 0 Å². The summed E-state index contributed by atoms with van der Waals surface area (Å²) in [4.78, 5) is 97.3. The molecule has 4 atom stereocenters. The van der Waals surface area contributed by atoms with Gasteiger partial charge in [0.2, 0.25) is 0 Å². The summed E-state index contributed by atoms with van der Waals surface area (Å²) in [6.45, 7) is 8.60. The van der Waals surface area contributed by atoms with Crippen LogP contribution in [0, 0.1) is 22.7 Å². The minimum atomic E-state index is -2.02. The van der Waals surface area contributed by atoms with E-state index in [2.05, 4.69) is 13.2 Å². The molecule has 0 heterocycles. The van der Waals surface area contributed by atoms with Gasteiger partial charge in [0.15, 0.2) is 0 Å². The maximum Gasteiger partial charge on any atom is 0.333 e. The third-order valence-corrected chi connectivity index (χ3v) is 6.86. The first-order valence-corrected chi connectivity index (χ1v) is 13.1. The average Bonchev–Trinajstić information content (AvgIpc) is 2.96. The average molecular weight is 631 g/mol. The molecule has 45 heavy (non-hydrogen) atoms. The predicted molar refractivity (Wildman–Crippen MR) is 149 cm³/mol. The molecule has 0 aromatic rings. The molecule has 2 aliphatic carbocycles. The Morgan fingerprint density at radius 1 is 0.667 bits per heavy atom. The van der Waals surface area contributed by atoms with Crippen LogP contribution in [0.4, 0.5) is 0 Å². The molecule has 4 N–H and O–H groups in total. The fourth-order valence-electron chi connectivity index (χ4n) is 4.26. The lowest BCUT2D eigenvalue weighted by Crippen LogP contribution is -2.38. The van der Waals surface area contributed by atoms with Crippen molar-refractivity contribution in [2.24, 2.45) is 22.7 Å². The lowest BCUT2D eigenvalue weighted by molar-refractivity contribution is -0.164. The van der Waals surface area contributed by atoms with Crippen molar-refractivity contribution in [3.8, 4) is 0 Å². The van der Waals surface area contributed by atoms with E-state index in [1.165, 1.54) is 13.8 Å². The Morgan fingerprint density at radius 2 is 1.00 bits per heavy atom. The fraction of sp³-hybridized carbons (Fsp3) is 0.333. The van der Waals surface area contributed by atoms with E-state index in [1.807, 2.05) is 0 Å². The number of esters is 4. The molecule has 0 saturated carbocycles. The molecular formula is C30H30O15. The number of carbonyl (C=O) groups excluding carboxylic acids is 4. The summed E-state index contributed by atoms with van der Waals surface area (Å²) in [6.07, 6.45) is 4.33. The van der Waals surface area contributed by atoms with Gasteiger partial charge in [0, 0.05) is 24.0 Å². The normalized spacial score (nSPS) is 23.4. The van der Waals surface area contributed by atoms with Gasteiger partial charge in [-0.2, -0.15) is 0 Å². The van der Waals surface area contributed by atoms with Crippen molar-refractivity contribution in [1.82, 2.24) is 0 Å². The van der Waals surface area contributed by atoms with Gasteiger partial charge in [-0.3, -0.25) is 19.2 Å². The van der Waals surface area contributed by atoms with Crippen molar-refractivity contribution in [3.63, 3.8) is 0 Å². The maximum absolute atomic E-state index is 12.9. The van der Waals surface area contributed by atoms with E-state index in [-0.39, 0.29) is 11.1 Å². The highest BCUT2D eigenvalue weighted by molar-refractivity contribution is 6.03. The Bertz CT molecular complexity index is 1380. The number of hydrogen-bond donors (Lipinski definition) is 4. The molecule has 15 nitrogen and oxygen atoms in total. The van der Waals surface area contributed by atoms with Crippen molar-refractivity contribution in [2.75, 3.05) is 13.2 Å². The van der Waals surface area contributed by atoms with Gasteiger partial charge in [0.1, 0.15) is 22.7 Å². The highest BCUT2D eigenvalue weighted by atomic mass is 16.6. The molecular weight excluding hydrogens is 600 g/mol. The minimum Gasteiger partial charge on any atom is -0.480 e. The van der Waals surface area contributed by atoms with E-state index >= 15 is 0 Å². The van der Waals surface area contributed by atoms with Crippen LogP contribution >= 0.6 is 0 Å². The Hall–Kier alpha value is -5.60. The Kier molecular flexibility index (Phi) is 11.3. The standard InChI is InChI=1S/C30H30O15/c1-15(2)23(35)43-11-9-29(27(39)40)7-5-17(19(13-29)21(31)32)25(37)45-26(38)18-6-8-30(28(41)42,14-20(18)22(33)34)10-12-44-24(36)16(3)4/h5-8,13-14,17-18H,1,3,9-12H2,2,4H3,(H,31,32)(H,33,34)(H,39,40)(H,41,42). The Labute approximate surface area is 255 Å². The van der Waals surface area contributed by atoms with Gasteiger partial charge >= 0.3 is 47.8 Å². The molecule has 0 fully saturated rings. The lowest BCUT2D eigenvalue weighted by atomic mass is 9.75. The van der Waals surface area contributed by atoms with Crippen LogP contribution in [0.25, 0.3) is 0 Å². The fourth-order valence-corrected chi connectivity index (χ4v) is 4.26. The molecule has 240 valence electrons. The van der Waals surface area contributed by atoms with Gasteiger partial charge in [-0.1, -0.05) is 49.6 Å². The first-order chi connectivity index (χ1) is 20.9. The molecule has 4 unspecified atom stereocenters. The first-order valence-electron chi connectivity index (χ1n) is 13.1. The highest BCUT2D eigenvalue weighted by Gasteiger charge is 2.45. The largest absolute Gasteiger partial charge is 0.480 e. The highest BCUT2D eigenvalue weighted by Crippen LogP contribution is 2.38. The van der Waals surface area contributed by atoms with Gasteiger partial charge < -0.3 is 34.6 Å². The lowest BCUT2D eigenvalue weighted by Gasteiger charge is -2.29. The first kappa shape index (κ1) is 35.6. The molecule has 0 bridgehead atoms. The van der Waals surface area contributed by atoms with Crippen LogP contribution in [0.3, 0.4) is 0 Å². The quantitative estimate of drug-likeness (QED) is 0.0700. The Balaban J connectivity index is 2.29. The molecule has 0 aliphatic heterocycles. The zero-order valence-electron chi connectivity index (χ0n) is 24.1. The van der Waals surface area contributed by atoms with Crippen molar-refractivity contribution < 1.29 is 73.0 Å². The molecule has 0 radical (unpaired) electrons. The van der Waals surface area contributed by atoms with Crippen molar-refractivity contribution >= 4 is 47.8 Å². The molecule has 0 amide bonds. The zero-order valence-corrected chi connectivity index (χ0v) is 24.1. The van der Waals surface area contributed by atoms with E-state index in [4.69, 9.17) is 14.2 Å². The summed E-state index contributed by atoms with van der Waals surface area (Å²) in [5, 5.41) is 39.1. The Morgan fingerprint density at radius 3 is 1.27 bits per heavy atom. The van der Waals surface area contributed by atoms with Crippen molar-refractivity contribution in [2.45, 2.75) is 26.7 Å². The van der Waals surface area contributed by atoms with Crippen molar-refractivity contribution in [1.29, 1.82) is 0 Å². The summed E-state index contributed by atoms with van der Waals surface area (Å²) in [5.74, 6) is -14.7. The van der Waals surface area contributed by atoms with Gasteiger partial charge in [-0.05, 0) is 13.8 Å². The summed E-state index contributed by atoms with van der Waals surface area (Å²) in [5.41, 5.74) is -5.53. The number of carboxylic acid groups (broad SMARTS) is 4. The van der Waals surface area contributed by atoms with Gasteiger partial charge in [-0.25, -0.2) is 19.2 Å². The number of carboxylic acids is 4. The number of rotatable bonds is 14. The SMILES string of the molecule is C=C(C)C(=O)OCCC1(C(=O)O)C=CC(C(=O)OC(=O)C2C=CC(CCOC(=O)C(=C)C)(C(=O)O)C=C2C(=O)O)C(C(=O)O)=C1. The van der Waals surface area contributed by atoms with Crippen LogP contribution in [0.1, 0.15) is 26.7 Å². The zero-order chi connectivity index (χ0) is 34.3. The summed E-state index contributed by atoms with van der Waals surface area (Å²) in [7, 11) is 0. The second kappa shape index (κ2) is 14.2. The number of aliphatic carboxylic acids is 4. The molecule has 2 aliphatic rings. The minimum absolute atomic E-state index is 0.0410. The second-order valence-electron chi connectivity index (χ2n) is 10.2. The summed E-state index contributed by atoms with van der Waals surface area (Å²) < 4.78 is 14.6. The van der Waals surface area contributed by atoms with E-state index in [9.17, 15) is 58.8 Å². The summed E-state index contributed by atoms with van der Waals surface area (Å²) >= 11 is 0. The molecule has 0 spiro atoms. The second-order valence-corrected chi connectivity index (χ2v) is 10.2. The molecule has 0 aromatic heterocycles. The van der Waals surface area contributed by atoms with E-state index in [0.29, 0.717) is 0 Å². The summed E-state index contributed by atoms with van der Waals surface area (Å²) in [6, 6.07) is 0. The van der Waals surface area contributed by atoms with Crippen molar-refractivity contribution in [3.05, 3.63) is 71.9 Å². The monoisotopic (exact) mass is 630 g/mol. The topological polar surface area (TPSA) is 245 Å². The third kappa shape index (κ3) is 8.28. The van der Waals surface area contributed by atoms with Gasteiger partial charge in [0.05, 0.1) is 24.4 Å². The van der Waals surface area contributed by atoms with Gasteiger partial charge in [0.25, 0.3) is 0 Å². The number of ether oxygens (including phenoxy) is 3. The van der Waals surface area contributed by atoms with E-state index in [0.717, 1.165) is 36.5 Å². The van der Waals surface area contributed by atoms with Crippen LogP contribution in [0.15, 0.2) is 71.9 Å². The van der Waals surface area contributed by atoms with Crippen LogP contribution in [0.2, 0.25) is 0 Å². The molecule has 0 saturated heterocycles. The smallest absolute Gasteiger partial charge is 0.333 e. The molecule has 2 rings (SSSR count). The van der Waals surface area contributed by atoms with Crippen LogP contribution in [-0.2, 0) is 52.6 Å².